The molecule has 4 heteroatoms. The van der Waals surface area contributed by atoms with Gasteiger partial charge in [0.2, 0.25) is 0 Å². The third-order valence-electron chi connectivity index (χ3n) is 3.19. The van der Waals surface area contributed by atoms with E-state index in [2.05, 4.69) is 52.4 Å². The lowest BCUT2D eigenvalue weighted by Gasteiger charge is -2.16. The van der Waals surface area contributed by atoms with E-state index in [1.54, 1.807) is 6.33 Å². The first-order valence-corrected chi connectivity index (χ1v) is 6.61. The van der Waals surface area contributed by atoms with E-state index in [0.717, 1.165) is 43.6 Å². The van der Waals surface area contributed by atoms with E-state index in [4.69, 9.17) is 0 Å². The standard InChI is InChI=1S/C14H22N4/c1-3-15-7-9-18(2)8-6-12-4-5-13-14(10-12)17-11-16-13/h4-5,10-11,15H,3,6-9H2,1-2H3,(H,16,17). The van der Waals surface area contributed by atoms with Gasteiger partial charge in [0.05, 0.1) is 17.4 Å². The number of aromatic amines is 1. The molecule has 98 valence electrons. The van der Waals surface area contributed by atoms with Crippen LogP contribution in [-0.2, 0) is 6.42 Å². The normalized spacial score (nSPS) is 11.5. The molecule has 0 unspecified atom stereocenters. The summed E-state index contributed by atoms with van der Waals surface area (Å²) in [6, 6.07) is 6.45. The van der Waals surface area contributed by atoms with Crippen molar-refractivity contribution in [1.29, 1.82) is 0 Å². The average Bonchev–Trinajstić information content (AvgIpc) is 2.84. The van der Waals surface area contributed by atoms with Gasteiger partial charge in [0, 0.05) is 19.6 Å². The minimum atomic E-state index is 1.04. The van der Waals surface area contributed by atoms with Gasteiger partial charge in [0.1, 0.15) is 0 Å². The van der Waals surface area contributed by atoms with E-state index in [1.807, 2.05) is 0 Å². The van der Waals surface area contributed by atoms with Crippen LogP contribution in [-0.4, -0.2) is 48.1 Å². The number of aromatic nitrogens is 2. The fraction of sp³-hybridized carbons (Fsp3) is 0.500. The van der Waals surface area contributed by atoms with Crippen LogP contribution >= 0.6 is 0 Å². The molecule has 2 N–H and O–H groups in total. The highest BCUT2D eigenvalue weighted by Gasteiger charge is 2.01. The number of H-pyrrole nitrogens is 1. The molecular weight excluding hydrogens is 224 g/mol. The van der Waals surface area contributed by atoms with E-state index in [1.165, 1.54) is 5.56 Å². The van der Waals surface area contributed by atoms with E-state index < -0.39 is 0 Å². The number of hydrogen-bond donors (Lipinski definition) is 2. The van der Waals surface area contributed by atoms with Crippen molar-refractivity contribution in [2.75, 3.05) is 33.2 Å². The Hall–Kier alpha value is -1.39. The smallest absolute Gasteiger partial charge is 0.0931 e. The van der Waals surface area contributed by atoms with Crippen LogP contribution in [0.4, 0.5) is 0 Å². The Kier molecular flexibility index (Phi) is 4.73. The quantitative estimate of drug-likeness (QED) is 0.730. The van der Waals surface area contributed by atoms with Crippen molar-refractivity contribution in [2.45, 2.75) is 13.3 Å². The highest BCUT2D eigenvalue weighted by atomic mass is 15.1. The summed E-state index contributed by atoms with van der Waals surface area (Å²) in [5.41, 5.74) is 3.53. The van der Waals surface area contributed by atoms with Crippen LogP contribution in [0.2, 0.25) is 0 Å². The highest BCUT2D eigenvalue weighted by Crippen LogP contribution is 2.12. The fourth-order valence-electron chi connectivity index (χ4n) is 2.02. The number of imidazole rings is 1. The molecule has 1 heterocycles. The maximum Gasteiger partial charge on any atom is 0.0931 e. The molecule has 0 spiro atoms. The van der Waals surface area contributed by atoms with Crippen LogP contribution in [0.5, 0.6) is 0 Å². The van der Waals surface area contributed by atoms with Crippen LogP contribution in [0, 0.1) is 0 Å². The molecule has 2 rings (SSSR count). The Morgan fingerprint density at radius 3 is 3.06 bits per heavy atom. The van der Waals surface area contributed by atoms with Crippen molar-refractivity contribution in [3.63, 3.8) is 0 Å². The van der Waals surface area contributed by atoms with E-state index in [9.17, 15) is 0 Å². The molecule has 0 aliphatic heterocycles. The lowest BCUT2D eigenvalue weighted by atomic mass is 10.1. The van der Waals surface area contributed by atoms with Gasteiger partial charge in [-0.1, -0.05) is 13.0 Å². The topological polar surface area (TPSA) is 44.0 Å². The number of hydrogen-bond acceptors (Lipinski definition) is 3. The molecule has 0 aliphatic carbocycles. The van der Waals surface area contributed by atoms with Gasteiger partial charge in [0.25, 0.3) is 0 Å². The van der Waals surface area contributed by atoms with Gasteiger partial charge in [-0.3, -0.25) is 0 Å². The van der Waals surface area contributed by atoms with Crippen molar-refractivity contribution in [3.05, 3.63) is 30.1 Å². The van der Waals surface area contributed by atoms with Gasteiger partial charge in [-0.2, -0.15) is 0 Å². The molecule has 0 aliphatic rings. The Balaban J connectivity index is 1.81. The largest absolute Gasteiger partial charge is 0.345 e. The van der Waals surface area contributed by atoms with Crippen LogP contribution in [0.15, 0.2) is 24.5 Å². The van der Waals surface area contributed by atoms with Gasteiger partial charge in [-0.05, 0) is 37.7 Å². The molecule has 2 aromatic rings. The minimum Gasteiger partial charge on any atom is -0.345 e. The second-order valence-electron chi connectivity index (χ2n) is 4.66. The monoisotopic (exact) mass is 246 g/mol. The van der Waals surface area contributed by atoms with Crippen LogP contribution in [0.1, 0.15) is 12.5 Å². The van der Waals surface area contributed by atoms with Crippen molar-refractivity contribution in [1.82, 2.24) is 20.2 Å². The van der Waals surface area contributed by atoms with E-state index >= 15 is 0 Å². The predicted molar refractivity (Wildman–Crippen MR) is 75.8 cm³/mol. The summed E-state index contributed by atoms with van der Waals surface area (Å²) in [6.45, 7) is 6.43. The Morgan fingerprint density at radius 2 is 2.22 bits per heavy atom. The summed E-state index contributed by atoms with van der Waals surface area (Å²) in [5.74, 6) is 0. The molecule has 0 amide bonds. The average molecular weight is 246 g/mol. The molecule has 0 atom stereocenters. The minimum absolute atomic E-state index is 1.04. The first kappa shape index (κ1) is 13.1. The summed E-state index contributed by atoms with van der Waals surface area (Å²) in [6.07, 6.45) is 2.83. The zero-order valence-corrected chi connectivity index (χ0v) is 11.2. The predicted octanol–water partition coefficient (Wildman–Crippen LogP) is 1.65. The first-order chi connectivity index (χ1) is 8.79. The maximum absolute atomic E-state index is 4.23. The summed E-state index contributed by atoms with van der Waals surface area (Å²) in [4.78, 5) is 9.75. The van der Waals surface area contributed by atoms with Gasteiger partial charge < -0.3 is 15.2 Å². The zero-order chi connectivity index (χ0) is 12.8. The fourth-order valence-corrected chi connectivity index (χ4v) is 2.02. The molecule has 0 bridgehead atoms. The molecule has 0 fully saturated rings. The van der Waals surface area contributed by atoms with Crippen molar-refractivity contribution < 1.29 is 0 Å². The van der Waals surface area contributed by atoms with Crippen LogP contribution in [0.3, 0.4) is 0 Å². The molecule has 0 saturated carbocycles. The number of nitrogens with zero attached hydrogens (tertiary/aromatic N) is 2. The zero-order valence-electron chi connectivity index (χ0n) is 11.2. The summed E-state index contributed by atoms with van der Waals surface area (Å²) >= 11 is 0. The lowest BCUT2D eigenvalue weighted by Crippen LogP contribution is -2.30. The molecule has 18 heavy (non-hydrogen) atoms. The van der Waals surface area contributed by atoms with Crippen LogP contribution in [0.25, 0.3) is 11.0 Å². The number of fused-ring (bicyclic) bond motifs is 1. The second kappa shape index (κ2) is 6.52. The van der Waals surface area contributed by atoms with E-state index in [-0.39, 0.29) is 0 Å². The van der Waals surface area contributed by atoms with E-state index in [0.29, 0.717) is 0 Å². The number of likely N-dealkylation sites (N-methyl/N-ethyl adjacent to an activating group) is 2. The lowest BCUT2D eigenvalue weighted by molar-refractivity contribution is 0.337. The highest BCUT2D eigenvalue weighted by molar-refractivity contribution is 5.75. The second-order valence-corrected chi connectivity index (χ2v) is 4.66. The molecule has 1 aromatic carbocycles. The molecule has 0 radical (unpaired) electrons. The summed E-state index contributed by atoms with van der Waals surface area (Å²) < 4.78 is 0. The van der Waals surface area contributed by atoms with Crippen molar-refractivity contribution in [3.8, 4) is 0 Å². The van der Waals surface area contributed by atoms with Crippen molar-refractivity contribution >= 4 is 11.0 Å². The van der Waals surface area contributed by atoms with Crippen LogP contribution < -0.4 is 5.32 Å². The number of benzene rings is 1. The Bertz CT molecular complexity index is 477. The first-order valence-electron chi connectivity index (χ1n) is 6.61. The molecule has 4 nitrogen and oxygen atoms in total. The molecule has 1 aromatic heterocycles. The number of nitrogens with one attached hydrogen (secondary N) is 2. The van der Waals surface area contributed by atoms with Gasteiger partial charge in [-0.25, -0.2) is 4.98 Å². The Morgan fingerprint density at radius 1 is 1.33 bits per heavy atom. The van der Waals surface area contributed by atoms with Gasteiger partial charge in [0.15, 0.2) is 0 Å². The number of rotatable bonds is 7. The third-order valence-corrected chi connectivity index (χ3v) is 3.19. The SMILES string of the molecule is CCNCCN(C)CCc1ccc2nc[nH]c2c1. The van der Waals surface area contributed by atoms with Gasteiger partial charge >= 0.3 is 0 Å². The van der Waals surface area contributed by atoms with Gasteiger partial charge in [-0.15, -0.1) is 0 Å². The maximum atomic E-state index is 4.23. The summed E-state index contributed by atoms with van der Waals surface area (Å²) in [7, 11) is 2.17. The summed E-state index contributed by atoms with van der Waals surface area (Å²) in [5, 5.41) is 3.34. The van der Waals surface area contributed by atoms with Crippen molar-refractivity contribution in [2.24, 2.45) is 0 Å². The Labute approximate surface area is 108 Å². The molecule has 0 saturated heterocycles. The third kappa shape index (κ3) is 3.55. The molecular formula is C14H22N4.